The van der Waals surface area contributed by atoms with Crippen molar-refractivity contribution in [3.05, 3.63) is 11.7 Å². The fraction of sp³-hybridized carbons (Fsp3) is 0.818. The van der Waals surface area contributed by atoms with E-state index in [9.17, 15) is 0 Å². The molecule has 0 saturated heterocycles. The highest BCUT2D eigenvalue weighted by Gasteiger charge is 2.67. The Labute approximate surface area is 90.2 Å². The van der Waals surface area contributed by atoms with Crippen molar-refractivity contribution in [2.75, 3.05) is 0 Å². The fourth-order valence-electron chi connectivity index (χ4n) is 2.36. The van der Waals surface area contributed by atoms with Gasteiger partial charge in [0.05, 0.1) is 6.04 Å². The van der Waals surface area contributed by atoms with Crippen molar-refractivity contribution in [1.82, 2.24) is 10.1 Å². The SMILES string of the molecule is CC(N)c1noc(C2C(C)(C)C2(C)C)n1. The van der Waals surface area contributed by atoms with E-state index in [1.165, 1.54) is 0 Å². The van der Waals surface area contributed by atoms with E-state index in [0.29, 0.717) is 11.7 Å². The zero-order chi connectivity index (χ0) is 11.4. The topological polar surface area (TPSA) is 64.9 Å². The maximum absolute atomic E-state index is 5.70. The van der Waals surface area contributed by atoms with Crippen LogP contribution in [0.4, 0.5) is 0 Å². The van der Waals surface area contributed by atoms with Crippen molar-refractivity contribution in [2.24, 2.45) is 16.6 Å². The molecular weight excluding hydrogens is 190 g/mol. The molecule has 0 radical (unpaired) electrons. The smallest absolute Gasteiger partial charge is 0.230 e. The van der Waals surface area contributed by atoms with Crippen molar-refractivity contribution in [1.29, 1.82) is 0 Å². The molecule has 1 saturated carbocycles. The van der Waals surface area contributed by atoms with Gasteiger partial charge >= 0.3 is 0 Å². The van der Waals surface area contributed by atoms with Gasteiger partial charge in [0.1, 0.15) is 0 Å². The molecule has 15 heavy (non-hydrogen) atoms. The van der Waals surface area contributed by atoms with Gasteiger partial charge in [-0.1, -0.05) is 32.9 Å². The lowest BCUT2D eigenvalue weighted by Crippen LogP contribution is -2.06. The number of nitrogens with two attached hydrogens (primary N) is 1. The Morgan fingerprint density at radius 2 is 1.80 bits per heavy atom. The lowest BCUT2D eigenvalue weighted by Gasteiger charge is -2.03. The Kier molecular flexibility index (Phi) is 1.99. The Morgan fingerprint density at radius 1 is 1.27 bits per heavy atom. The standard InChI is InChI=1S/C11H19N3O/c1-6(12)8-13-9(15-14-8)7-10(2,3)11(7,4)5/h6-7H,12H2,1-5H3. The molecule has 0 aromatic carbocycles. The molecule has 4 nitrogen and oxygen atoms in total. The summed E-state index contributed by atoms with van der Waals surface area (Å²) < 4.78 is 5.28. The number of hydrogen-bond acceptors (Lipinski definition) is 4. The van der Waals surface area contributed by atoms with Gasteiger partial charge in [-0.3, -0.25) is 0 Å². The molecule has 2 N–H and O–H groups in total. The predicted molar refractivity (Wildman–Crippen MR) is 57.2 cm³/mol. The largest absolute Gasteiger partial charge is 0.339 e. The molecule has 1 aromatic rings. The minimum Gasteiger partial charge on any atom is -0.339 e. The van der Waals surface area contributed by atoms with Crippen LogP contribution in [0.25, 0.3) is 0 Å². The molecule has 2 rings (SSSR count). The lowest BCUT2D eigenvalue weighted by atomic mass is 10.0. The first kappa shape index (κ1) is 10.6. The first-order chi connectivity index (χ1) is 6.78. The molecule has 0 aliphatic heterocycles. The van der Waals surface area contributed by atoms with Gasteiger partial charge in [-0.2, -0.15) is 4.98 Å². The highest BCUT2D eigenvalue weighted by atomic mass is 16.5. The van der Waals surface area contributed by atoms with Crippen LogP contribution < -0.4 is 5.73 Å². The average Bonchev–Trinajstić information content (AvgIpc) is 2.52. The second kappa shape index (κ2) is 2.82. The van der Waals surface area contributed by atoms with Crippen molar-refractivity contribution < 1.29 is 4.52 Å². The van der Waals surface area contributed by atoms with Gasteiger partial charge < -0.3 is 10.3 Å². The number of rotatable bonds is 2. The molecule has 0 spiro atoms. The van der Waals surface area contributed by atoms with Gasteiger partial charge in [-0.05, 0) is 17.8 Å². The first-order valence-electron chi connectivity index (χ1n) is 5.37. The van der Waals surface area contributed by atoms with Crippen LogP contribution in [0.2, 0.25) is 0 Å². The van der Waals surface area contributed by atoms with Crippen LogP contribution in [-0.2, 0) is 0 Å². The maximum Gasteiger partial charge on any atom is 0.230 e. The molecule has 1 heterocycles. The summed E-state index contributed by atoms with van der Waals surface area (Å²) in [7, 11) is 0. The molecule has 84 valence electrons. The van der Waals surface area contributed by atoms with Gasteiger partial charge in [0, 0.05) is 5.92 Å². The summed E-state index contributed by atoms with van der Waals surface area (Å²) in [4.78, 5) is 4.36. The van der Waals surface area contributed by atoms with Crippen molar-refractivity contribution in [3.8, 4) is 0 Å². The summed E-state index contributed by atoms with van der Waals surface area (Å²) in [6, 6.07) is -0.160. The molecular formula is C11H19N3O. The minimum atomic E-state index is -0.160. The third-order valence-corrected chi connectivity index (χ3v) is 4.13. The molecule has 1 unspecified atom stereocenters. The van der Waals surface area contributed by atoms with Crippen LogP contribution in [-0.4, -0.2) is 10.1 Å². The van der Waals surface area contributed by atoms with E-state index in [1.54, 1.807) is 0 Å². The number of hydrogen-bond donors (Lipinski definition) is 1. The van der Waals surface area contributed by atoms with Crippen molar-refractivity contribution in [3.63, 3.8) is 0 Å². The van der Waals surface area contributed by atoms with Gasteiger partial charge in [0.25, 0.3) is 0 Å². The van der Waals surface area contributed by atoms with E-state index >= 15 is 0 Å². The quantitative estimate of drug-likeness (QED) is 0.811. The minimum absolute atomic E-state index is 0.160. The van der Waals surface area contributed by atoms with Crippen LogP contribution in [0.15, 0.2) is 4.52 Å². The average molecular weight is 209 g/mol. The summed E-state index contributed by atoms with van der Waals surface area (Å²) in [6.07, 6.45) is 0. The number of aromatic nitrogens is 2. The van der Waals surface area contributed by atoms with E-state index in [0.717, 1.165) is 5.89 Å². The third kappa shape index (κ3) is 1.31. The first-order valence-corrected chi connectivity index (χ1v) is 5.37. The molecule has 4 heteroatoms. The Hall–Kier alpha value is -0.900. The van der Waals surface area contributed by atoms with E-state index < -0.39 is 0 Å². The highest BCUT2D eigenvalue weighted by Crippen LogP contribution is 2.73. The molecule has 1 fully saturated rings. The molecule has 1 aliphatic carbocycles. The van der Waals surface area contributed by atoms with Gasteiger partial charge in [0.2, 0.25) is 5.89 Å². The highest BCUT2D eigenvalue weighted by molar-refractivity contribution is 5.25. The van der Waals surface area contributed by atoms with Crippen LogP contribution in [0, 0.1) is 10.8 Å². The van der Waals surface area contributed by atoms with Crippen LogP contribution in [0.5, 0.6) is 0 Å². The molecule has 1 atom stereocenters. The van der Waals surface area contributed by atoms with Crippen LogP contribution in [0.1, 0.15) is 58.3 Å². The zero-order valence-electron chi connectivity index (χ0n) is 10.0. The van der Waals surface area contributed by atoms with Crippen molar-refractivity contribution in [2.45, 2.75) is 46.6 Å². The summed E-state index contributed by atoms with van der Waals surface area (Å²) in [5, 5.41) is 3.90. The molecule has 1 aromatic heterocycles. The van der Waals surface area contributed by atoms with E-state index in [-0.39, 0.29) is 16.9 Å². The van der Waals surface area contributed by atoms with Crippen LogP contribution in [0.3, 0.4) is 0 Å². The molecule has 0 bridgehead atoms. The molecule has 0 amide bonds. The summed E-state index contributed by atoms with van der Waals surface area (Å²) >= 11 is 0. The summed E-state index contributed by atoms with van der Waals surface area (Å²) in [5.41, 5.74) is 6.16. The summed E-state index contributed by atoms with van der Waals surface area (Å²) in [5.74, 6) is 1.69. The Morgan fingerprint density at radius 3 is 2.13 bits per heavy atom. The Balaban J connectivity index is 2.26. The van der Waals surface area contributed by atoms with Gasteiger partial charge in [0.15, 0.2) is 5.82 Å². The van der Waals surface area contributed by atoms with E-state index in [2.05, 4.69) is 37.8 Å². The monoisotopic (exact) mass is 209 g/mol. The maximum atomic E-state index is 5.70. The fourth-order valence-corrected chi connectivity index (χ4v) is 2.36. The van der Waals surface area contributed by atoms with Gasteiger partial charge in [-0.15, -0.1) is 0 Å². The van der Waals surface area contributed by atoms with Gasteiger partial charge in [-0.25, -0.2) is 0 Å². The normalized spacial score (nSPS) is 25.2. The molecule has 1 aliphatic rings. The zero-order valence-corrected chi connectivity index (χ0v) is 10.0. The summed E-state index contributed by atoms with van der Waals surface area (Å²) in [6.45, 7) is 10.8. The predicted octanol–water partition coefficient (Wildman–Crippen LogP) is 2.24. The number of nitrogens with zero attached hydrogens (tertiary/aromatic N) is 2. The van der Waals surface area contributed by atoms with Crippen molar-refractivity contribution >= 4 is 0 Å². The second-order valence-electron chi connectivity index (χ2n) is 5.66. The lowest BCUT2D eigenvalue weighted by molar-refractivity contribution is 0.359. The van der Waals surface area contributed by atoms with E-state index in [4.69, 9.17) is 10.3 Å². The van der Waals surface area contributed by atoms with E-state index in [1.807, 2.05) is 6.92 Å². The third-order valence-electron chi connectivity index (χ3n) is 4.13. The Bertz CT molecular complexity index is 365. The van der Waals surface area contributed by atoms with Crippen LogP contribution >= 0.6 is 0 Å². The second-order valence-corrected chi connectivity index (χ2v) is 5.66.